The molecule has 2 saturated heterocycles. The van der Waals surface area contributed by atoms with Crippen LogP contribution in [0.2, 0.25) is 5.02 Å². The van der Waals surface area contributed by atoms with Crippen molar-refractivity contribution in [2.75, 3.05) is 74.1 Å². The van der Waals surface area contributed by atoms with Gasteiger partial charge in [0.2, 0.25) is 5.95 Å². The van der Waals surface area contributed by atoms with Crippen molar-refractivity contribution in [1.29, 1.82) is 0 Å². The Morgan fingerprint density at radius 3 is 1.81 bits per heavy atom. The Morgan fingerprint density at radius 2 is 1.26 bits per heavy atom. The summed E-state index contributed by atoms with van der Waals surface area (Å²) < 4.78 is 0. The second-order valence-electron chi connectivity index (χ2n) is 7.10. The zero-order valence-electron chi connectivity index (χ0n) is 15.8. The number of hydrogen-bond acceptors (Lipinski definition) is 8. The lowest BCUT2D eigenvalue weighted by Gasteiger charge is -2.36. The molecule has 2 fully saturated rings. The van der Waals surface area contributed by atoms with Gasteiger partial charge in [0.25, 0.3) is 0 Å². The summed E-state index contributed by atoms with van der Waals surface area (Å²) in [6.45, 7) is 9.59. The van der Waals surface area contributed by atoms with Crippen LogP contribution in [0.3, 0.4) is 0 Å². The molecule has 0 atom stereocenters. The summed E-state index contributed by atoms with van der Waals surface area (Å²) >= 11 is 5.88. The van der Waals surface area contributed by atoms with Gasteiger partial charge in [0.05, 0.1) is 17.4 Å². The molecule has 0 aromatic carbocycles. The molecular formula is C18H25ClN8. The average molecular weight is 389 g/mol. The van der Waals surface area contributed by atoms with Gasteiger partial charge in [0.15, 0.2) is 0 Å². The minimum absolute atomic E-state index is 0.560. The lowest BCUT2D eigenvalue weighted by Crippen LogP contribution is -2.48. The van der Waals surface area contributed by atoms with Crippen molar-refractivity contribution in [3.05, 3.63) is 29.3 Å². The van der Waals surface area contributed by atoms with Crippen molar-refractivity contribution in [3.63, 3.8) is 0 Å². The van der Waals surface area contributed by atoms with E-state index in [0.717, 1.165) is 75.8 Å². The van der Waals surface area contributed by atoms with Crippen LogP contribution in [0.25, 0.3) is 0 Å². The Kier molecular flexibility index (Phi) is 5.27. The summed E-state index contributed by atoms with van der Waals surface area (Å²) in [5.41, 5.74) is 0. The summed E-state index contributed by atoms with van der Waals surface area (Å²) in [6.07, 6.45) is 3.29. The zero-order chi connectivity index (χ0) is 18.8. The Morgan fingerprint density at radius 1 is 0.778 bits per heavy atom. The number of likely N-dealkylation sites (N-methyl/N-ethyl adjacent to an activating group) is 1. The van der Waals surface area contributed by atoms with E-state index in [1.807, 2.05) is 6.92 Å². The Labute approximate surface area is 164 Å². The lowest BCUT2D eigenvalue weighted by atomic mass is 10.3. The number of aryl methyl sites for hydroxylation is 1. The molecule has 144 valence electrons. The van der Waals surface area contributed by atoms with Crippen molar-refractivity contribution in [2.24, 2.45) is 0 Å². The van der Waals surface area contributed by atoms with E-state index in [1.54, 1.807) is 12.4 Å². The molecule has 2 aromatic rings. The monoisotopic (exact) mass is 388 g/mol. The number of anilines is 3. The number of rotatable bonds is 3. The SMILES string of the molecule is Cc1nc(N2CCN(C)CC2)cc(N2CCN(c3ncc(Cl)cn3)CC2)n1. The van der Waals surface area contributed by atoms with Crippen LogP contribution in [0.5, 0.6) is 0 Å². The van der Waals surface area contributed by atoms with Crippen LogP contribution in [0.15, 0.2) is 18.5 Å². The van der Waals surface area contributed by atoms with Crippen LogP contribution in [-0.2, 0) is 0 Å². The molecular weight excluding hydrogens is 364 g/mol. The van der Waals surface area contributed by atoms with Gasteiger partial charge in [-0.2, -0.15) is 0 Å². The van der Waals surface area contributed by atoms with Crippen molar-refractivity contribution < 1.29 is 0 Å². The van der Waals surface area contributed by atoms with Crippen molar-refractivity contribution in [1.82, 2.24) is 24.8 Å². The quantitative estimate of drug-likeness (QED) is 0.779. The van der Waals surface area contributed by atoms with Gasteiger partial charge in [-0.1, -0.05) is 11.6 Å². The fraction of sp³-hybridized carbons (Fsp3) is 0.556. The van der Waals surface area contributed by atoms with Gasteiger partial charge in [0.1, 0.15) is 17.5 Å². The standard InChI is InChI=1S/C18H25ClN8/c1-14-22-16(25-5-3-24(2)4-6-25)11-17(23-14)26-7-9-27(10-8-26)18-20-12-15(19)13-21-18/h11-13H,3-10H2,1-2H3. The van der Waals surface area contributed by atoms with Crippen molar-refractivity contribution in [2.45, 2.75) is 6.92 Å². The van der Waals surface area contributed by atoms with Gasteiger partial charge in [-0.15, -0.1) is 0 Å². The summed E-state index contributed by atoms with van der Waals surface area (Å²) in [6, 6.07) is 2.13. The molecule has 0 N–H and O–H groups in total. The molecule has 0 spiro atoms. The van der Waals surface area contributed by atoms with E-state index in [4.69, 9.17) is 11.6 Å². The molecule has 2 aliphatic heterocycles. The molecule has 0 radical (unpaired) electrons. The molecule has 0 bridgehead atoms. The molecule has 9 heteroatoms. The van der Waals surface area contributed by atoms with Crippen LogP contribution in [-0.4, -0.2) is 84.2 Å². The van der Waals surface area contributed by atoms with Crippen LogP contribution in [0, 0.1) is 6.92 Å². The van der Waals surface area contributed by atoms with E-state index in [0.29, 0.717) is 5.02 Å². The molecule has 4 rings (SSSR count). The fourth-order valence-electron chi connectivity index (χ4n) is 3.50. The third kappa shape index (κ3) is 4.22. The van der Waals surface area contributed by atoms with Gasteiger partial charge in [-0.25, -0.2) is 19.9 Å². The third-order valence-corrected chi connectivity index (χ3v) is 5.33. The number of piperazine rings is 2. The van der Waals surface area contributed by atoms with E-state index in [9.17, 15) is 0 Å². The second-order valence-corrected chi connectivity index (χ2v) is 7.53. The van der Waals surface area contributed by atoms with Gasteiger partial charge < -0.3 is 19.6 Å². The van der Waals surface area contributed by atoms with E-state index < -0.39 is 0 Å². The van der Waals surface area contributed by atoms with Crippen molar-refractivity contribution >= 4 is 29.2 Å². The molecule has 27 heavy (non-hydrogen) atoms. The van der Waals surface area contributed by atoms with E-state index in [-0.39, 0.29) is 0 Å². The van der Waals surface area contributed by atoms with Gasteiger partial charge in [0, 0.05) is 58.4 Å². The first-order valence-corrected chi connectivity index (χ1v) is 9.73. The molecule has 8 nitrogen and oxygen atoms in total. The molecule has 2 aromatic heterocycles. The largest absolute Gasteiger partial charge is 0.354 e. The van der Waals surface area contributed by atoms with E-state index in [2.05, 4.69) is 52.6 Å². The number of aromatic nitrogens is 4. The highest BCUT2D eigenvalue weighted by Gasteiger charge is 2.22. The molecule has 2 aliphatic rings. The van der Waals surface area contributed by atoms with Crippen LogP contribution in [0.1, 0.15) is 5.82 Å². The molecule has 0 amide bonds. The van der Waals surface area contributed by atoms with Gasteiger partial charge in [-0.3, -0.25) is 0 Å². The maximum Gasteiger partial charge on any atom is 0.225 e. The van der Waals surface area contributed by atoms with Crippen LogP contribution < -0.4 is 14.7 Å². The van der Waals surface area contributed by atoms with Gasteiger partial charge >= 0.3 is 0 Å². The zero-order valence-corrected chi connectivity index (χ0v) is 16.6. The summed E-state index contributed by atoms with van der Waals surface area (Å²) in [7, 11) is 2.16. The Balaban J connectivity index is 1.44. The maximum absolute atomic E-state index is 5.88. The summed E-state index contributed by atoms with van der Waals surface area (Å²) in [4.78, 5) is 27.2. The highest BCUT2D eigenvalue weighted by Crippen LogP contribution is 2.22. The third-order valence-electron chi connectivity index (χ3n) is 5.13. The normalized spacial score (nSPS) is 18.9. The minimum Gasteiger partial charge on any atom is -0.354 e. The number of halogens is 1. The highest BCUT2D eigenvalue weighted by molar-refractivity contribution is 6.30. The predicted molar refractivity (Wildman–Crippen MR) is 108 cm³/mol. The predicted octanol–water partition coefficient (Wildman–Crippen LogP) is 1.31. The molecule has 4 heterocycles. The fourth-order valence-corrected chi connectivity index (χ4v) is 3.60. The topological polar surface area (TPSA) is 64.5 Å². The second kappa shape index (κ2) is 7.82. The first-order valence-electron chi connectivity index (χ1n) is 9.35. The minimum atomic E-state index is 0.560. The summed E-state index contributed by atoms with van der Waals surface area (Å²) in [5, 5.41) is 0.560. The average Bonchev–Trinajstić information content (AvgIpc) is 2.69. The summed E-state index contributed by atoms with van der Waals surface area (Å²) in [5.74, 6) is 3.60. The highest BCUT2D eigenvalue weighted by atomic mass is 35.5. The Bertz CT molecular complexity index is 767. The number of hydrogen-bond donors (Lipinski definition) is 0. The Hall–Kier alpha value is -2.19. The van der Waals surface area contributed by atoms with E-state index >= 15 is 0 Å². The number of nitrogens with zero attached hydrogens (tertiary/aromatic N) is 8. The molecule has 0 unspecified atom stereocenters. The van der Waals surface area contributed by atoms with Crippen LogP contribution in [0.4, 0.5) is 17.6 Å². The van der Waals surface area contributed by atoms with Crippen LogP contribution >= 0.6 is 11.6 Å². The van der Waals surface area contributed by atoms with Crippen molar-refractivity contribution in [3.8, 4) is 0 Å². The molecule has 0 saturated carbocycles. The van der Waals surface area contributed by atoms with E-state index in [1.165, 1.54) is 0 Å². The van der Waals surface area contributed by atoms with Gasteiger partial charge in [-0.05, 0) is 14.0 Å². The first-order chi connectivity index (χ1) is 13.1. The molecule has 0 aliphatic carbocycles. The first kappa shape index (κ1) is 18.2. The maximum atomic E-state index is 5.88. The lowest BCUT2D eigenvalue weighted by molar-refractivity contribution is 0.312. The smallest absolute Gasteiger partial charge is 0.225 e.